The summed E-state index contributed by atoms with van der Waals surface area (Å²) in [5, 5.41) is 0. The van der Waals surface area contributed by atoms with Gasteiger partial charge in [-0.2, -0.15) is 0 Å². The molecule has 1 heterocycles. The Morgan fingerprint density at radius 1 is 0.556 bits per heavy atom. The third-order valence-corrected chi connectivity index (χ3v) is 4.11. The second-order valence-electron chi connectivity index (χ2n) is 4.71. The monoisotopic (exact) mass is 266 g/mol. The summed E-state index contributed by atoms with van der Waals surface area (Å²) in [7, 11) is -3.09. The molecule has 0 unspecified atom stereocenters. The second kappa shape index (κ2) is 9.06. The average Bonchev–Trinajstić information content (AvgIpc) is 2.32. The first-order chi connectivity index (χ1) is 8.71. The molecule has 0 radical (unpaired) electrons. The van der Waals surface area contributed by atoms with Crippen LogP contribution in [0, 0.1) is 23.7 Å². The zero-order valence-corrected chi connectivity index (χ0v) is 11.8. The van der Waals surface area contributed by atoms with E-state index in [2.05, 4.69) is 23.7 Å². The fourth-order valence-electron chi connectivity index (χ4n) is 1.86. The number of hydrogen-bond donors (Lipinski definition) is 0. The predicted octanol–water partition coefficient (Wildman–Crippen LogP) is 2.93. The van der Waals surface area contributed by atoms with Crippen molar-refractivity contribution in [3.63, 3.8) is 0 Å². The summed E-state index contributed by atoms with van der Waals surface area (Å²) in [6.45, 7) is 0. The minimum Gasteiger partial charge on any atom is -0.227 e. The van der Waals surface area contributed by atoms with Gasteiger partial charge in [0.15, 0.2) is 9.84 Å². The summed E-state index contributed by atoms with van der Waals surface area (Å²) in [5.41, 5.74) is 0. The molecule has 0 bridgehead atoms. The lowest BCUT2D eigenvalue weighted by Gasteiger charge is -1.99. The first-order valence-electron chi connectivity index (χ1n) is 6.82. The van der Waals surface area contributed by atoms with E-state index in [9.17, 15) is 8.42 Å². The van der Waals surface area contributed by atoms with Gasteiger partial charge in [0.2, 0.25) is 0 Å². The highest BCUT2D eigenvalue weighted by atomic mass is 32.2. The van der Waals surface area contributed by atoms with Gasteiger partial charge in [0.05, 0.1) is 0 Å². The SMILES string of the molecule is O=S1(=O)CC#CCCCCCCCCCC#CC1. The third-order valence-electron chi connectivity index (χ3n) is 2.94. The van der Waals surface area contributed by atoms with E-state index >= 15 is 0 Å². The van der Waals surface area contributed by atoms with E-state index in [0.717, 1.165) is 25.7 Å². The zero-order valence-electron chi connectivity index (χ0n) is 11.0. The predicted molar refractivity (Wildman–Crippen MR) is 75.8 cm³/mol. The van der Waals surface area contributed by atoms with Crippen LogP contribution in [0.25, 0.3) is 0 Å². The molecule has 1 aliphatic rings. The summed E-state index contributed by atoms with van der Waals surface area (Å²) in [4.78, 5) is 0. The van der Waals surface area contributed by atoms with Crippen molar-refractivity contribution >= 4 is 9.84 Å². The van der Waals surface area contributed by atoms with Gasteiger partial charge in [0, 0.05) is 12.8 Å². The molecule has 1 rings (SSSR count). The van der Waals surface area contributed by atoms with E-state index in [1.165, 1.54) is 32.1 Å². The van der Waals surface area contributed by atoms with Crippen LogP contribution < -0.4 is 0 Å². The van der Waals surface area contributed by atoms with Gasteiger partial charge in [-0.3, -0.25) is 0 Å². The first-order valence-corrected chi connectivity index (χ1v) is 8.65. The lowest BCUT2D eigenvalue weighted by atomic mass is 10.1. The maximum absolute atomic E-state index is 11.6. The van der Waals surface area contributed by atoms with Crippen LogP contribution in [0.3, 0.4) is 0 Å². The minimum atomic E-state index is -3.09. The molecule has 0 saturated heterocycles. The van der Waals surface area contributed by atoms with Crippen LogP contribution in [0.4, 0.5) is 0 Å². The van der Waals surface area contributed by atoms with Gasteiger partial charge in [-0.15, -0.1) is 11.8 Å². The third kappa shape index (κ3) is 8.20. The second-order valence-corrected chi connectivity index (χ2v) is 6.78. The van der Waals surface area contributed by atoms with Crippen LogP contribution in [0.15, 0.2) is 0 Å². The van der Waals surface area contributed by atoms with Gasteiger partial charge in [-0.25, -0.2) is 8.42 Å². The van der Waals surface area contributed by atoms with Crippen molar-refractivity contribution in [2.24, 2.45) is 0 Å². The minimum absolute atomic E-state index is 0.0400. The fourth-order valence-corrected chi connectivity index (χ4v) is 2.61. The van der Waals surface area contributed by atoms with Crippen LogP contribution in [0.2, 0.25) is 0 Å². The molecular weight excluding hydrogens is 244 g/mol. The first kappa shape index (κ1) is 15.1. The van der Waals surface area contributed by atoms with Crippen LogP contribution in [-0.4, -0.2) is 19.9 Å². The highest BCUT2D eigenvalue weighted by Crippen LogP contribution is 2.09. The molecule has 100 valence electrons. The molecular formula is C15H22O2S. The smallest absolute Gasteiger partial charge is 0.172 e. The number of rotatable bonds is 0. The molecule has 0 saturated carbocycles. The van der Waals surface area contributed by atoms with E-state index < -0.39 is 9.84 Å². The Bertz CT molecular complexity index is 404. The van der Waals surface area contributed by atoms with E-state index in [-0.39, 0.29) is 11.5 Å². The van der Waals surface area contributed by atoms with Crippen molar-refractivity contribution in [1.82, 2.24) is 0 Å². The maximum Gasteiger partial charge on any atom is 0.172 e. The molecule has 0 N–H and O–H groups in total. The van der Waals surface area contributed by atoms with Gasteiger partial charge >= 0.3 is 0 Å². The van der Waals surface area contributed by atoms with E-state index in [4.69, 9.17) is 0 Å². The van der Waals surface area contributed by atoms with Crippen molar-refractivity contribution in [3.05, 3.63) is 0 Å². The van der Waals surface area contributed by atoms with Crippen molar-refractivity contribution < 1.29 is 8.42 Å². The Morgan fingerprint density at radius 3 is 1.39 bits per heavy atom. The molecule has 18 heavy (non-hydrogen) atoms. The van der Waals surface area contributed by atoms with Crippen LogP contribution in [-0.2, 0) is 9.84 Å². The molecule has 0 fully saturated rings. The Kier molecular flexibility index (Phi) is 7.62. The number of sulfone groups is 1. The van der Waals surface area contributed by atoms with E-state index in [0.29, 0.717) is 0 Å². The van der Waals surface area contributed by atoms with Crippen LogP contribution in [0.5, 0.6) is 0 Å². The number of hydrogen-bond acceptors (Lipinski definition) is 2. The Morgan fingerprint density at radius 2 is 0.944 bits per heavy atom. The molecule has 3 heteroatoms. The quantitative estimate of drug-likeness (QED) is 0.632. The molecule has 0 aliphatic carbocycles. The maximum atomic E-state index is 11.6. The van der Waals surface area contributed by atoms with Crippen LogP contribution in [0.1, 0.15) is 57.8 Å². The Balaban J connectivity index is 2.47. The van der Waals surface area contributed by atoms with Gasteiger partial charge in [0.25, 0.3) is 0 Å². The van der Waals surface area contributed by atoms with Gasteiger partial charge in [-0.05, 0) is 12.8 Å². The van der Waals surface area contributed by atoms with Crippen molar-refractivity contribution in [2.45, 2.75) is 57.8 Å². The summed E-state index contributed by atoms with van der Waals surface area (Å²) >= 11 is 0. The fraction of sp³-hybridized carbons (Fsp3) is 0.733. The van der Waals surface area contributed by atoms with Gasteiger partial charge in [0.1, 0.15) is 11.5 Å². The molecule has 0 spiro atoms. The molecule has 0 aromatic rings. The molecule has 1 aliphatic heterocycles. The summed E-state index contributed by atoms with van der Waals surface area (Å²) in [6.07, 6.45) is 10.1. The standard InChI is InChI=1S/C15H22O2S/c16-18(17)14-12-10-8-6-4-2-1-3-5-7-9-11-13-15-18/h1-9,14-15H2. The van der Waals surface area contributed by atoms with Gasteiger partial charge in [-0.1, -0.05) is 43.9 Å². The lowest BCUT2D eigenvalue weighted by Crippen LogP contribution is -2.08. The Hall–Kier alpha value is -0.930. The van der Waals surface area contributed by atoms with Crippen molar-refractivity contribution in [2.75, 3.05) is 11.5 Å². The van der Waals surface area contributed by atoms with E-state index in [1.807, 2.05) is 0 Å². The summed E-state index contributed by atoms with van der Waals surface area (Å²) < 4.78 is 23.1. The largest absolute Gasteiger partial charge is 0.227 e. The highest BCUT2D eigenvalue weighted by Gasteiger charge is 2.05. The molecule has 0 aromatic carbocycles. The van der Waals surface area contributed by atoms with Crippen LogP contribution >= 0.6 is 0 Å². The molecule has 0 amide bonds. The zero-order chi connectivity index (χ0) is 13.1. The average molecular weight is 266 g/mol. The summed E-state index contributed by atoms with van der Waals surface area (Å²) in [6, 6.07) is 0. The molecule has 0 aromatic heterocycles. The van der Waals surface area contributed by atoms with Crippen molar-refractivity contribution in [1.29, 1.82) is 0 Å². The molecule has 0 atom stereocenters. The Labute approximate surface area is 111 Å². The molecule has 2 nitrogen and oxygen atoms in total. The van der Waals surface area contributed by atoms with Gasteiger partial charge < -0.3 is 0 Å². The summed E-state index contributed by atoms with van der Waals surface area (Å²) in [5.74, 6) is 11.3. The normalized spacial score (nSPS) is 22.0. The van der Waals surface area contributed by atoms with Crippen molar-refractivity contribution in [3.8, 4) is 23.7 Å². The lowest BCUT2D eigenvalue weighted by molar-refractivity contribution is 0.586. The highest BCUT2D eigenvalue weighted by molar-refractivity contribution is 7.91. The van der Waals surface area contributed by atoms with E-state index in [1.54, 1.807) is 0 Å². The topological polar surface area (TPSA) is 34.1 Å².